The zero-order valence-corrected chi connectivity index (χ0v) is 16.1. The fraction of sp³-hybridized carbons (Fsp3) is 0.217. The lowest BCUT2D eigenvalue weighted by molar-refractivity contribution is 0.364. The van der Waals surface area contributed by atoms with Crippen LogP contribution in [0.15, 0.2) is 71.5 Å². The van der Waals surface area contributed by atoms with Gasteiger partial charge in [0.1, 0.15) is 5.82 Å². The second-order valence-corrected chi connectivity index (χ2v) is 6.83. The van der Waals surface area contributed by atoms with E-state index in [9.17, 15) is 4.79 Å². The van der Waals surface area contributed by atoms with Crippen LogP contribution < -0.4 is 11.3 Å². The van der Waals surface area contributed by atoms with Gasteiger partial charge in [0, 0.05) is 36.8 Å². The topological polar surface area (TPSA) is 75.0 Å². The van der Waals surface area contributed by atoms with Crippen LogP contribution in [0.3, 0.4) is 0 Å². The zero-order valence-electron chi connectivity index (χ0n) is 16.1. The molecule has 0 aliphatic rings. The van der Waals surface area contributed by atoms with Gasteiger partial charge in [-0.05, 0) is 24.7 Å². The van der Waals surface area contributed by atoms with Crippen molar-refractivity contribution in [3.05, 3.63) is 93.9 Å². The van der Waals surface area contributed by atoms with Crippen molar-refractivity contribution in [2.24, 2.45) is 5.73 Å². The molecule has 0 aliphatic heterocycles. The van der Waals surface area contributed by atoms with E-state index in [0.717, 1.165) is 24.3 Å². The lowest BCUT2D eigenvalue weighted by Crippen LogP contribution is -2.17. The van der Waals surface area contributed by atoms with Gasteiger partial charge in [-0.1, -0.05) is 66.7 Å². The number of H-pyrrole nitrogens is 1. The first-order valence-corrected chi connectivity index (χ1v) is 9.44. The molecule has 0 radical (unpaired) electrons. The first kappa shape index (κ1) is 19.7. The minimum absolute atomic E-state index is 0.150. The third-order valence-corrected chi connectivity index (χ3v) is 4.40. The van der Waals surface area contributed by atoms with E-state index in [1.54, 1.807) is 0 Å². The van der Waals surface area contributed by atoms with Crippen LogP contribution in [0.1, 0.15) is 16.8 Å². The normalized spacial score (nSPS) is 11.4. The predicted octanol–water partition coefficient (Wildman–Crippen LogP) is 3.08. The van der Waals surface area contributed by atoms with Crippen LogP contribution in [0.4, 0.5) is 0 Å². The van der Waals surface area contributed by atoms with Gasteiger partial charge in [0.25, 0.3) is 5.56 Å². The SMILES string of the molecule is CN(CC=Cc1ccccc1)Cc1ccc(-c2nc(CCN)cc(=O)[nH]2)cc1. The van der Waals surface area contributed by atoms with Crippen LogP contribution in [-0.4, -0.2) is 35.0 Å². The van der Waals surface area contributed by atoms with Gasteiger partial charge >= 0.3 is 0 Å². The minimum atomic E-state index is -0.150. The van der Waals surface area contributed by atoms with Crippen molar-refractivity contribution in [2.45, 2.75) is 13.0 Å². The summed E-state index contributed by atoms with van der Waals surface area (Å²) in [4.78, 5) is 21.4. The minimum Gasteiger partial charge on any atom is -0.330 e. The van der Waals surface area contributed by atoms with Gasteiger partial charge in [-0.2, -0.15) is 0 Å². The Kier molecular flexibility index (Phi) is 6.89. The molecular formula is C23H26N4O. The van der Waals surface area contributed by atoms with Crippen LogP contribution in [-0.2, 0) is 13.0 Å². The Balaban J connectivity index is 1.61. The van der Waals surface area contributed by atoms with Crippen LogP contribution in [0.2, 0.25) is 0 Å². The van der Waals surface area contributed by atoms with E-state index in [1.807, 2.05) is 30.3 Å². The van der Waals surface area contributed by atoms with Crippen molar-refractivity contribution < 1.29 is 0 Å². The molecule has 0 saturated heterocycles. The molecule has 28 heavy (non-hydrogen) atoms. The van der Waals surface area contributed by atoms with E-state index < -0.39 is 0 Å². The molecule has 5 heteroatoms. The highest BCUT2D eigenvalue weighted by Gasteiger charge is 2.05. The van der Waals surface area contributed by atoms with Crippen molar-refractivity contribution in [1.29, 1.82) is 0 Å². The Morgan fingerprint density at radius 1 is 1.11 bits per heavy atom. The number of nitrogens with zero attached hydrogens (tertiary/aromatic N) is 2. The lowest BCUT2D eigenvalue weighted by atomic mass is 10.1. The summed E-state index contributed by atoms with van der Waals surface area (Å²) in [6.45, 7) is 2.18. The van der Waals surface area contributed by atoms with Gasteiger partial charge in [0.15, 0.2) is 0 Å². The molecule has 0 amide bonds. The summed E-state index contributed by atoms with van der Waals surface area (Å²) in [5, 5.41) is 0. The summed E-state index contributed by atoms with van der Waals surface area (Å²) in [5.74, 6) is 0.585. The summed E-state index contributed by atoms with van der Waals surface area (Å²) < 4.78 is 0. The molecule has 1 aromatic heterocycles. The van der Waals surface area contributed by atoms with E-state index in [-0.39, 0.29) is 5.56 Å². The molecule has 144 valence electrons. The predicted molar refractivity (Wildman–Crippen MR) is 115 cm³/mol. The molecule has 3 aromatic rings. The Hall–Kier alpha value is -3.02. The Morgan fingerprint density at radius 3 is 2.57 bits per heavy atom. The van der Waals surface area contributed by atoms with Gasteiger partial charge in [0.05, 0.1) is 0 Å². The molecule has 5 nitrogen and oxygen atoms in total. The standard InChI is InChI=1S/C23H26N4O/c1-27(15-5-8-18-6-3-2-4-7-18)17-19-9-11-20(12-10-19)23-25-21(13-14-24)16-22(28)26-23/h2-12,16H,13-15,17,24H2,1H3,(H,25,26,28). The molecular weight excluding hydrogens is 348 g/mol. The van der Waals surface area contributed by atoms with Crippen LogP contribution in [0.25, 0.3) is 17.5 Å². The van der Waals surface area contributed by atoms with Crippen molar-refractivity contribution >= 4 is 6.08 Å². The van der Waals surface area contributed by atoms with Crippen molar-refractivity contribution in [2.75, 3.05) is 20.1 Å². The molecule has 0 spiro atoms. The number of hydrogen-bond acceptors (Lipinski definition) is 4. The quantitative estimate of drug-likeness (QED) is 0.635. The van der Waals surface area contributed by atoms with Gasteiger partial charge < -0.3 is 10.7 Å². The maximum absolute atomic E-state index is 11.8. The van der Waals surface area contributed by atoms with Gasteiger partial charge in [-0.3, -0.25) is 9.69 Å². The highest BCUT2D eigenvalue weighted by atomic mass is 16.1. The number of aromatic nitrogens is 2. The molecule has 2 aromatic carbocycles. The zero-order chi connectivity index (χ0) is 19.8. The highest BCUT2D eigenvalue weighted by molar-refractivity contribution is 5.55. The van der Waals surface area contributed by atoms with E-state index in [4.69, 9.17) is 5.73 Å². The van der Waals surface area contributed by atoms with E-state index >= 15 is 0 Å². The third-order valence-electron chi connectivity index (χ3n) is 4.40. The monoisotopic (exact) mass is 374 g/mol. The maximum Gasteiger partial charge on any atom is 0.251 e. The average molecular weight is 374 g/mol. The van der Waals surface area contributed by atoms with Crippen LogP contribution in [0, 0.1) is 0 Å². The summed E-state index contributed by atoms with van der Waals surface area (Å²) in [5.41, 5.74) is 9.45. The van der Waals surface area contributed by atoms with Crippen LogP contribution >= 0.6 is 0 Å². The van der Waals surface area contributed by atoms with Crippen molar-refractivity contribution in [3.63, 3.8) is 0 Å². The summed E-state index contributed by atoms with van der Waals surface area (Å²) >= 11 is 0. The smallest absolute Gasteiger partial charge is 0.251 e. The summed E-state index contributed by atoms with van der Waals surface area (Å²) in [6, 6.07) is 19.9. The number of nitrogens with one attached hydrogen (secondary N) is 1. The number of likely N-dealkylation sites (N-methyl/N-ethyl adjacent to an activating group) is 1. The molecule has 1 heterocycles. The molecule has 0 fully saturated rings. The first-order chi connectivity index (χ1) is 13.6. The van der Waals surface area contributed by atoms with E-state index in [0.29, 0.717) is 18.8 Å². The lowest BCUT2D eigenvalue weighted by Gasteiger charge is -2.14. The Labute approximate surface area is 165 Å². The number of nitrogens with two attached hydrogens (primary N) is 1. The van der Waals surface area contributed by atoms with Gasteiger partial charge in [-0.15, -0.1) is 0 Å². The highest BCUT2D eigenvalue weighted by Crippen LogP contribution is 2.16. The number of benzene rings is 2. The van der Waals surface area contributed by atoms with E-state index in [1.165, 1.54) is 17.2 Å². The molecule has 0 atom stereocenters. The molecule has 3 N–H and O–H groups in total. The second-order valence-electron chi connectivity index (χ2n) is 6.83. The van der Waals surface area contributed by atoms with Gasteiger partial charge in [-0.25, -0.2) is 4.98 Å². The number of aromatic amines is 1. The number of rotatable bonds is 8. The van der Waals surface area contributed by atoms with Gasteiger partial charge in [0.2, 0.25) is 0 Å². The first-order valence-electron chi connectivity index (χ1n) is 9.44. The van der Waals surface area contributed by atoms with Crippen molar-refractivity contribution in [3.8, 4) is 11.4 Å². The largest absolute Gasteiger partial charge is 0.330 e. The molecule has 3 rings (SSSR count). The Bertz CT molecular complexity index is 962. The third kappa shape index (κ3) is 5.74. The average Bonchev–Trinajstić information content (AvgIpc) is 2.69. The fourth-order valence-corrected chi connectivity index (χ4v) is 3.00. The van der Waals surface area contributed by atoms with E-state index in [2.05, 4.69) is 58.3 Å². The second kappa shape index (κ2) is 9.78. The van der Waals surface area contributed by atoms with Crippen molar-refractivity contribution in [1.82, 2.24) is 14.9 Å². The summed E-state index contributed by atoms with van der Waals surface area (Å²) in [6.07, 6.45) is 4.90. The fourth-order valence-electron chi connectivity index (χ4n) is 3.00. The molecule has 0 aliphatic carbocycles. The maximum atomic E-state index is 11.8. The number of hydrogen-bond donors (Lipinski definition) is 2. The summed E-state index contributed by atoms with van der Waals surface area (Å²) in [7, 11) is 2.10. The van der Waals surface area contributed by atoms with Crippen LogP contribution in [0.5, 0.6) is 0 Å². The molecule has 0 bridgehead atoms. The molecule has 0 unspecified atom stereocenters. The molecule has 0 saturated carbocycles. The Morgan fingerprint density at radius 2 is 1.86 bits per heavy atom.